The molecule has 0 aliphatic heterocycles. The summed E-state index contributed by atoms with van der Waals surface area (Å²) in [5.41, 5.74) is -0.0353. The third-order valence-corrected chi connectivity index (χ3v) is 4.20. The zero-order chi connectivity index (χ0) is 17.5. The molecule has 0 atom stereocenters. The molecule has 0 radical (unpaired) electrons. The number of methoxy groups -OCH3 is 1. The van der Waals surface area contributed by atoms with Gasteiger partial charge >= 0.3 is 6.18 Å². The monoisotopic (exact) mass is 353 g/mol. The number of hydrogen-bond acceptors (Lipinski definition) is 3. The highest BCUT2D eigenvalue weighted by Gasteiger charge is 2.34. The number of rotatable bonds is 2. The number of hydrogen-bond donors (Lipinski definition) is 0. The Balaban J connectivity index is 2.06. The van der Waals surface area contributed by atoms with Crippen molar-refractivity contribution in [1.82, 2.24) is 4.98 Å². The first-order chi connectivity index (χ1) is 11.3. The number of carbonyl (C=O) groups is 1. The Morgan fingerprint density at radius 2 is 2.04 bits per heavy atom. The standard InChI is InChI=1S/C17H11ClF3NO2/c1-24-14-5-4-10-11(15(14)18)7-9(16(10)23)8-13-12(17(19,20)21)3-2-6-22-13/h2-6,8H,7H2,1H3. The first-order valence-corrected chi connectivity index (χ1v) is 7.33. The molecule has 7 heteroatoms. The van der Waals surface area contributed by atoms with E-state index in [1.165, 1.54) is 25.4 Å². The van der Waals surface area contributed by atoms with E-state index in [0.29, 0.717) is 21.9 Å². The number of carbonyl (C=O) groups excluding carboxylic acids is 1. The van der Waals surface area contributed by atoms with Gasteiger partial charge in [-0.2, -0.15) is 13.2 Å². The summed E-state index contributed by atoms with van der Waals surface area (Å²) in [5, 5.41) is 0.295. The Hall–Kier alpha value is -2.34. The second-order valence-corrected chi connectivity index (χ2v) is 5.60. The van der Waals surface area contributed by atoms with E-state index < -0.39 is 11.7 Å². The number of allylic oxidation sites excluding steroid dienone is 1. The average molecular weight is 354 g/mol. The van der Waals surface area contributed by atoms with Crippen molar-refractivity contribution >= 4 is 23.5 Å². The maximum absolute atomic E-state index is 13.1. The van der Waals surface area contributed by atoms with Crippen LogP contribution in [0.4, 0.5) is 13.2 Å². The molecule has 24 heavy (non-hydrogen) atoms. The smallest absolute Gasteiger partial charge is 0.418 e. The van der Waals surface area contributed by atoms with Gasteiger partial charge in [0.15, 0.2) is 5.78 Å². The van der Waals surface area contributed by atoms with Crippen molar-refractivity contribution in [3.63, 3.8) is 0 Å². The van der Waals surface area contributed by atoms with E-state index in [0.717, 1.165) is 6.07 Å². The molecule has 0 amide bonds. The molecular formula is C17H11ClF3NO2. The number of nitrogens with zero attached hydrogens (tertiary/aromatic N) is 1. The van der Waals surface area contributed by atoms with E-state index in [2.05, 4.69) is 4.98 Å². The number of benzene rings is 1. The third-order valence-electron chi connectivity index (χ3n) is 3.79. The molecule has 0 bridgehead atoms. The van der Waals surface area contributed by atoms with E-state index in [1.807, 2.05) is 0 Å². The van der Waals surface area contributed by atoms with E-state index in [9.17, 15) is 18.0 Å². The van der Waals surface area contributed by atoms with Crippen LogP contribution in [-0.2, 0) is 12.6 Å². The number of Topliss-reactive ketones (excluding diaryl/α,β-unsaturated/α-hetero) is 1. The van der Waals surface area contributed by atoms with E-state index in [1.54, 1.807) is 12.1 Å². The van der Waals surface area contributed by atoms with E-state index in [4.69, 9.17) is 16.3 Å². The number of aromatic nitrogens is 1. The highest BCUT2D eigenvalue weighted by atomic mass is 35.5. The molecule has 0 N–H and O–H groups in total. The van der Waals surface area contributed by atoms with Crippen LogP contribution in [0.5, 0.6) is 5.75 Å². The van der Waals surface area contributed by atoms with Gasteiger partial charge in [-0.3, -0.25) is 9.78 Å². The molecule has 0 spiro atoms. The zero-order valence-electron chi connectivity index (χ0n) is 12.4. The Morgan fingerprint density at radius 3 is 2.71 bits per heavy atom. The van der Waals surface area contributed by atoms with E-state index in [-0.39, 0.29) is 23.5 Å². The summed E-state index contributed by atoms with van der Waals surface area (Å²) >= 11 is 6.19. The molecular weight excluding hydrogens is 343 g/mol. The highest BCUT2D eigenvalue weighted by molar-refractivity contribution is 6.34. The summed E-state index contributed by atoms with van der Waals surface area (Å²) in [6.07, 6.45) is -1.98. The maximum Gasteiger partial charge on any atom is 0.418 e. The van der Waals surface area contributed by atoms with Crippen LogP contribution < -0.4 is 4.74 Å². The Kier molecular flexibility index (Phi) is 4.09. The SMILES string of the molecule is COc1ccc2c(c1Cl)CC(=Cc1ncccc1C(F)(F)F)C2=O. The van der Waals surface area contributed by atoms with Crippen LogP contribution in [0, 0.1) is 0 Å². The normalized spacial score (nSPS) is 15.7. The first-order valence-electron chi connectivity index (χ1n) is 6.95. The van der Waals surface area contributed by atoms with Crippen molar-refractivity contribution in [3.05, 3.63) is 63.4 Å². The number of ketones is 1. The summed E-state index contributed by atoms with van der Waals surface area (Å²) in [6, 6.07) is 5.26. The molecule has 0 saturated heterocycles. The molecule has 0 fully saturated rings. The van der Waals surface area contributed by atoms with Crippen molar-refractivity contribution in [1.29, 1.82) is 0 Å². The predicted octanol–water partition coefficient (Wildman–Crippen LogP) is 4.58. The van der Waals surface area contributed by atoms with Gasteiger partial charge in [-0.1, -0.05) is 11.6 Å². The van der Waals surface area contributed by atoms with Crippen molar-refractivity contribution in [2.75, 3.05) is 7.11 Å². The van der Waals surface area contributed by atoms with Gasteiger partial charge in [0, 0.05) is 23.8 Å². The Morgan fingerprint density at radius 1 is 1.29 bits per heavy atom. The lowest BCUT2D eigenvalue weighted by atomic mass is 10.1. The van der Waals surface area contributed by atoms with Crippen LogP contribution in [0.3, 0.4) is 0 Å². The molecule has 3 rings (SSSR count). The van der Waals surface area contributed by atoms with Gasteiger partial charge in [0.25, 0.3) is 0 Å². The van der Waals surface area contributed by atoms with Gasteiger partial charge in [-0.25, -0.2) is 0 Å². The lowest BCUT2D eigenvalue weighted by Crippen LogP contribution is -2.09. The van der Waals surface area contributed by atoms with Crippen LogP contribution in [-0.4, -0.2) is 17.9 Å². The molecule has 1 aliphatic rings. The number of pyridine rings is 1. The lowest BCUT2D eigenvalue weighted by Gasteiger charge is -2.09. The molecule has 0 unspecified atom stereocenters. The summed E-state index contributed by atoms with van der Waals surface area (Å²) in [7, 11) is 1.45. The molecule has 1 heterocycles. The molecule has 1 aromatic heterocycles. The van der Waals surface area contributed by atoms with Crippen LogP contribution in [0.15, 0.2) is 36.0 Å². The highest BCUT2D eigenvalue weighted by Crippen LogP contribution is 2.39. The van der Waals surface area contributed by atoms with Crippen LogP contribution in [0.2, 0.25) is 5.02 Å². The maximum atomic E-state index is 13.1. The van der Waals surface area contributed by atoms with Crippen LogP contribution in [0.1, 0.15) is 27.2 Å². The minimum Gasteiger partial charge on any atom is -0.495 e. The van der Waals surface area contributed by atoms with Crippen LogP contribution >= 0.6 is 11.6 Å². The number of ether oxygens (including phenoxy) is 1. The predicted molar refractivity (Wildman–Crippen MR) is 83.3 cm³/mol. The molecule has 1 aromatic carbocycles. The van der Waals surface area contributed by atoms with Gasteiger partial charge in [-0.05, 0) is 35.9 Å². The summed E-state index contributed by atoms with van der Waals surface area (Å²) in [6.45, 7) is 0. The fraction of sp³-hybridized carbons (Fsp3) is 0.176. The summed E-state index contributed by atoms with van der Waals surface area (Å²) < 4.78 is 44.3. The van der Waals surface area contributed by atoms with Gasteiger partial charge in [-0.15, -0.1) is 0 Å². The number of fused-ring (bicyclic) bond motifs is 1. The van der Waals surface area contributed by atoms with E-state index >= 15 is 0 Å². The Bertz CT molecular complexity index is 859. The minimum absolute atomic E-state index is 0.137. The van der Waals surface area contributed by atoms with Gasteiger partial charge < -0.3 is 4.74 Å². The molecule has 0 saturated carbocycles. The minimum atomic E-state index is -4.55. The largest absolute Gasteiger partial charge is 0.495 e. The van der Waals surface area contributed by atoms with Crippen LogP contribution in [0.25, 0.3) is 6.08 Å². The third kappa shape index (κ3) is 2.78. The molecule has 1 aliphatic carbocycles. The molecule has 3 nitrogen and oxygen atoms in total. The molecule has 2 aromatic rings. The average Bonchev–Trinajstić information content (AvgIpc) is 2.85. The first kappa shape index (κ1) is 16.5. The Labute approximate surface area is 140 Å². The lowest BCUT2D eigenvalue weighted by molar-refractivity contribution is -0.138. The van der Waals surface area contributed by atoms with Gasteiger partial charge in [0.1, 0.15) is 5.75 Å². The fourth-order valence-electron chi connectivity index (χ4n) is 2.64. The topological polar surface area (TPSA) is 39.2 Å². The van der Waals surface area contributed by atoms with Crippen molar-refractivity contribution in [3.8, 4) is 5.75 Å². The quantitative estimate of drug-likeness (QED) is 0.741. The molecule has 124 valence electrons. The number of alkyl halides is 3. The fourth-order valence-corrected chi connectivity index (χ4v) is 2.95. The summed E-state index contributed by atoms with van der Waals surface area (Å²) in [5.74, 6) is 0.0617. The van der Waals surface area contributed by atoms with Gasteiger partial charge in [0.2, 0.25) is 0 Å². The zero-order valence-corrected chi connectivity index (χ0v) is 13.2. The van der Waals surface area contributed by atoms with Gasteiger partial charge in [0.05, 0.1) is 23.4 Å². The summed E-state index contributed by atoms with van der Waals surface area (Å²) in [4.78, 5) is 16.2. The number of halogens is 4. The van der Waals surface area contributed by atoms with Crippen molar-refractivity contribution in [2.24, 2.45) is 0 Å². The second kappa shape index (κ2) is 5.94. The van der Waals surface area contributed by atoms with Crippen molar-refractivity contribution < 1.29 is 22.7 Å². The second-order valence-electron chi connectivity index (χ2n) is 5.22. The van der Waals surface area contributed by atoms with Crippen molar-refractivity contribution in [2.45, 2.75) is 12.6 Å².